The van der Waals surface area contributed by atoms with Gasteiger partial charge in [-0.05, 0) is 45.0 Å². The second-order valence-corrected chi connectivity index (χ2v) is 7.61. The molecule has 1 N–H and O–H groups in total. The van der Waals surface area contributed by atoms with Crippen LogP contribution in [0.1, 0.15) is 36.0 Å². The Kier molecular flexibility index (Phi) is 5.09. The molecule has 27 heavy (non-hydrogen) atoms. The van der Waals surface area contributed by atoms with Gasteiger partial charge in [0.2, 0.25) is 5.78 Å². The maximum Gasteiger partial charge on any atom is 0.413 e. The van der Waals surface area contributed by atoms with Crippen LogP contribution in [0.2, 0.25) is 0 Å². The lowest BCUT2D eigenvalue weighted by Crippen LogP contribution is -2.27. The molecular weight excluding hydrogens is 371 g/mol. The van der Waals surface area contributed by atoms with Crippen molar-refractivity contribution in [2.75, 3.05) is 5.32 Å². The highest BCUT2D eigenvalue weighted by Crippen LogP contribution is 2.33. The first-order valence-corrected chi connectivity index (χ1v) is 8.90. The van der Waals surface area contributed by atoms with Gasteiger partial charge in [0, 0.05) is 0 Å². The number of nitrogens with zero attached hydrogens (tertiary/aromatic N) is 1. The highest BCUT2D eigenvalue weighted by atomic mass is 32.1. The summed E-state index contributed by atoms with van der Waals surface area (Å²) in [5, 5.41) is 2.65. The highest BCUT2D eigenvalue weighted by Gasteiger charge is 2.25. The fourth-order valence-electron chi connectivity index (χ4n) is 2.27. The normalized spacial score (nSPS) is 11.3. The molecule has 0 unspecified atom stereocenters. The number of ketones is 1. The quantitative estimate of drug-likeness (QED) is 0.627. The van der Waals surface area contributed by atoms with Crippen LogP contribution in [0.4, 0.5) is 14.3 Å². The first-order valence-electron chi connectivity index (χ1n) is 8.08. The van der Waals surface area contributed by atoms with E-state index in [0.717, 1.165) is 11.3 Å². The molecule has 0 saturated heterocycles. The van der Waals surface area contributed by atoms with Crippen LogP contribution in [-0.2, 0) is 4.74 Å². The van der Waals surface area contributed by atoms with E-state index in [1.54, 1.807) is 39.0 Å². The Morgan fingerprint density at radius 2 is 1.93 bits per heavy atom. The number of amides is 1. The van der Waals surface area contributed by atoms with Gasteiger partial charge in [0.05, 0.1) is 11.8 Å². The minimum absolute atomic E-state index is 0.0854. The zero-order valence-corrected chi connectivity index (χ0v) is 15.7. The number of hydrogen-bond donors (Lipinski definition) is 1. The van der Waals surface area contributed by atoms with Crippen molar-refractivity contribution in [3.05, 3.63) is 58.9 Å². The summed E-state index contributed by atoms with van der Waals surface area (Å²) >= 11 is 0.924. The molecule has 0 aliphatic carbocycles. The first-order chi connectivity index (χ1) is 12.7. The topological polar surface area (TPSA) is 81.4 Å². The number of halogens is 1. The van der Waals surface area contributed by atoms with Crippen molar-refractivity contribution in [2.45, 2.75) is 26.4 Å². The van der Waals surface area contributed by atoms with Gasteiger partial charge < -0.3 is 9.15 Å². The Balaban J connectivity index is 1.97. The largest absolute Gasteiger partial charge is 0.463 e. The second-order valence-electron chi connectivity index (χ2n) is 6.61. The number of furan rings is 1. The van der Waals surface area contributed by atoms with Crippen LogP contribution < -0.4 is 5.32 Å². The van der Waals surface area contributed by atoms with E-state index in [4.69, 9.17) is 9.15 Å². The van der Waals surface area contributed by atoms with E-state index in [0.29, 0.717) is 5.76 Å². The molecule has 1 amide bonds. The number of hydrogen-bond acceptors (Lipinski definition) is 6. The molecule has 1 aromatic carbocycles. The molecule has 6 nitrogen and oxygen atoms in total. The third-order valence-electron chi connectivity index (χ3n) is 3.31. The minimum atomic E-state index is -0.702. The molecule has 2 aromatic heterocycles. The van der Waals surface area contributed by atoms with Crippen LogP contribution in [0.5, 0.6) is 0 Å². The van der Waals surface area contributed by atoms with Crippen LogP contribution in [0, 0.1) is 5.82 Å². The van der Waals surface area contributed by atoms with Crippen LogP contribution in [-0.4, -0.2) is 22.5 Å². The summed E-state index contributed by atoms with van der Waals surface area (Å²) in [5.74, 6) is -0.847. The molecule has 0 saturated carbocycles. The molecule has 0 radical (unpaired) electrons. The maximum atomic E-state index is 14.1. The lowest BCUT2D eigenvalue weighted by Gasteiger charge is -2.18. The average Bonchev–Trinajstić information content (AvgIpc) is 3.22. The predicted molar refractivity (Wildman–Crippen MR) is 99.5 cm³/mol. The molecular formula is C19H17FN2O4S. The molecule has 0 atom stereocenters. The van der Waals surface area contributed by atoms with E-state index in [9.17, 15) is 14.0 Å². The molecule has 3 rings (SSSR count). The fraction of sp³-hybridized carbons (Fsp3) is 0.211. The Bertz CT molecular complexity index is 974. The van der Waals surface area contributed by atoms with Crippen LogP contribution in [0.25, 0.3) is 11.5 Å². The molecule has 0 bridgehead atoms. The van der Waals surface area contributed by atoms with Crippen molar-refractivity contribution in [3.63, 3.8) is 0 Å². The summed E-state index contributed by atoms with van der Waals surface area (Å²) < 4.78 is 24.6. The van der Waals surface area contributed by atoms with Crippen molar-refractivity contribution in [1.29, 1.82) is 0 Å². The summed E-state index contributed by atoms with van der Waals surface area (Å²) in [6.07, 6.45) is 0.736. The highest BCUT2D eigenvalue weighted by molar-refractivity contribution is 7.18. The molecule has 0 spiro atoms. The van der Waals surface area contributed by atoms with Gasteiger partial charge in [0.1, 0.15) is 22.0 Å². The van der Waals surface area contributed by atoms with Crippen molar-refractivity contribution in [2.24, 2.45) is 0 Å². The number of thiazole rings is 1. The van der Waals surface area contributed by atoms with Crippen molar-refractivity contribution < 1.29 is 23.1 Å². The van der Waals surface area contributed by atoms with Gasteiger partial charge in [-0.2, -0.15) is 0 Å². The van der Waals surface area contributed by atoms with E-state index in [-0.39, 0.29) is 21.3 Å². The third kappa shape index (κ3) is 4.40. The fourth-order valence-corrected chi connectivity index (χ4v) is 3.18. The van der Waals surface area contributed by atoms with E-state index in [2.05, 4.69) is 10.3 Å². The van der Waals surface area contributed by atoms with Crippen molar-refractivity contribution in [3.8, 4) is 11.5 Å². The van der Waals surface area contributed by atoms with Gasteiger partial charge in [0.25, 0.3) is 0 Å². The summed E-state index contributed by atoms with van der Waals surface area (Å²) in [5.41, 5.74) is -0.543. The molecule has 0 aliphatic rings. The Hall–Kier alpha value is -3.00. The lowest BCUT2D eigenvalue weighted by atomic mass is 10.1. The van der Waals surface area contributed by atoms with Gasteiger partial charge in [-0.3, -0.25) is 10.1 Å². The molecule has 0 fully saturated rings. The molecule has 140 valence electrons. The number of carbonyl (C=O) groups is 2. The smallest absolute Gasteiger partial charge is 0.413 e. The SMILES string of the molecule is CC(C)(C)OC(=O)Nc1nc(-c2ccco2)c(C(=O)c2ccccc2F)s1. The van der Waals surface area contributed by atoms with Gasteiger partial charge in [0.15, 0.2) is 10.9 Å². The van der Waals surface area contributed by atoms with Gasteiger partial charge in [-0.25, -0.2) is 14.2 Å². The van der Waals surface area contributed by atoms with E-state index >= 15 is 0 Å². The number of rotatable bonds is 4. The minimum Gasteiger partial charge on any atom is -0.463 e. The Labute approximate surface area is 159 Å². The van der Waals surface area contributed by atoms with E-state index in [1.165, 1.54) is 24.5 Å². The zero-order valence-electron chi connectivity index (χ0n) is 14.9. The summed E-state index contributed by atoms with van der Waals surface area (Å²) in [6, 6.07) is 8.95. The summed E-state index contributed by atoms with van der Waals surface area (Å²) in [7, 11) is 0. The Morgan fingerprint density at radius 1 is 1.19 bits per heavy atom. The van der Waals surface area contributed by atoms with Crippen LogP contribution in [0.3, 0.4) is 0 Å². The third-order valence-corrected chi connectivity index (χ3v) is 4.28. The van der Waals surface area contributed by atoms with E-state index < -0.39 is 23.3 Å². The van der Waals surface area contributed by atoms with Crippen molar-refractivity contribution in [1.82, 2.24) is 4.98 Å². The number of ether oxygens (including phenoxy) is 1. The molecule has 0 aliphatic heterocycles. The predicted octanol–water partition coefficient (Wildman–Crippen LogP) is 5.12. The summed E-state index contributed by atoms with van der Waals surface area (Å²) in [4.78, 5) is 29.3. The van der Waals surface area contributed by atoms with Crippen molar-refractivity contribution >= 4 is 28.3 Å². The number of anilines is 1. The van der Waals surface area contributed by atoms with E-state index in [1.807, 2.05) is 0 Å². The van der Waals surface area contributed by atoms with Gasteiger partial charge in [-0.15, -0.1) is 0 Å². The monoisotopic (exact) mass is 388 g/mol. The summed E-state index contributed by atoms with van der Waals surface area (Å²) in [6.45, 7) is 5.20. The average molecular weight is 388 g/mol. The molecule has 8 heteroatoms. The number of carbonyl (C=O) groups excluding carboxylic acids is 2. The second kappa shape index (κ2) is 7.32. The standard InChI is InChI=1S/C19H17FN2O4S/c1-19(2,3)26-18(24)22-17-21-14(13-9-6-10-25-13)16(27-17)15(23)11-7-4-5-8-12(11)20/h4-10H,1-3H3,(H,21,22,24). The first kappa shape index (κ1) is 18.8. The van der Waals surface area contributed by atoms with Gasteiger partial charge in [-0.1, -0.05) is 23.5 Å². The maximum absolute atomic E-state index is 14.1. The van der Waals surface area contributed by atoms with Crippen LogP contribution >= 0.6 is 11.3 Å². The zero-order chi connectivity index (χ0) is 19.6. The van der Waals surface area contributed by atoms with Crippen LogP contribution in [0.15, 0.2) is 47.1 Å². The molecule has 3 aromatic rings. The number of nitrogens with one attached hydrogen (secondary N) is 1. The Morgan fingerprint density at radius 3 is 2.56 bits per heavy atom. The van der Waals surface area contributed by atoms with Gasteiger partial charge >= 0.3 is 6.09 Å². The molecule has 2 heterocycles. The lowest BCUT2D eigenvalue weighted by molar-refractivity contribution is 0.0635. The number of aromatic nitrogens is 1. The number of benzene rings is 1.